The molecule has 0 fully saturated rings. The summed E-state index contributed by atoms with van der Waals surface area (Å²) in [4.78, 5) is 20.7. The molecule has 0 saturated carbocycles. The normalized spacial score (nSPS) is 16.8. The molecule has 132 valence electrons. The average molecular weight is 364 g/mol. The van der Waals surface area contributed by atoms with E-state index in [0.717, 1.165) is 22.7 Å². The van der Waals surface area contributed by atoms with Crippen LogP contribution < -0.4 is 4.90 Å². The second kappa shape index (κ2) is 6.96. The van der Waals surface area contributed by atoms with E-state index in [4.69, 9.17) is 0 Å². The molecule has 1 amide bonds. The van der Waals surface area contributed by atoms with Gasteiger partial charge in [-0.05, 0) is 37.6 Å². The summed E-state index contributed by atoms with van der Waals surface area (Å²) in [5.74, 6) is 0.705. The van der Waals surface area contributed by atoms with Gasteiger partial charge in [-0.25, -0.2) is 9.67 Å². The first-order valence-electron chi connectivity index (χ1n) is 8.68. The number of fused-ring (bicyclic) bond motifs is 1. The summed E-state index contributed by atoms with van der Waals surface area (Å²) in [6, 6.07) is 13.8. The van der Waals surface area contributed by atoms with Crippen LogP contribution in [0.4, 0.5) is 5.69 Å². The van der Waals surface area contributed by atoms with Crippen molar-refractivity contribution in [2.24, 2.45) is 0 Å². The zero-order valence-electron chi connectivity index (χ0n) is 14.8. The van der Waals surface area contributed by atoms with E-state index in [0.29, 0.717) is 23.2 Å². The quantitative estimate of drug-likeness (QED) is 0.687. The predicted molar refractivity (Wildman–Crippen MR) is 104 cm³/mol. The van der Waals surface area contributed by atoms with Gasteiger partial charge in [0, 0.05) is 22.9 Å². The van der Waals surface area contributed by atoms with Crippen molar-refractivity contribution in [1.29, 1.82) is 0 Å². The molecular formula is C20H20N4OS. The van der Waals surface area contributed by atoms with Crippen molar-refractivity contribution in [3.8, 4) is 5.82 Å². The van der Waals surface area contributed by atoms with E-state index in [1.54, 1.807) is 17.1 Å². The number of thioether (sulfide) groups is 1. The van der Waals surface area contributed by atoms with E-state index in [-0.39, 0.29) is 5.91 Å². The maximum atomic E-state index is 13.3. The van der Waals surface area contributed by atoms with Crippen LogP contribution in [-0.4, -0.2) is 32.5 Å². The highest BCUT2D eigenvalue weighted by Crippen LogP contribution is 2.38. The first-order chi connectivity index (χ1) is 12.6. The number of hydrogen-bond donors (Lipinski definition) is 0. The number of benzene rings is 1. The van der Waals surface area contributed by atoms with Crippen molar-refractivity contribution in [2.45, 2.75) is 30.4 Å². The molecule has 0 unspecified atom stereocenters. The summed E-state index contributed by atoms with van der Waals surface area (Å²) < 4.78 is 1.72. The molecule has 5 nitrogen and oxygen atoms in total. The fourth-order valence-corrected chi connectivity index (χ4v) is 4.29. The number of carbonyl (C=O) groups excluding carboxylic acids is 1. The van der Waals surface area contributed by atoms with Crippen molar-refractivity contribution >= 4 is 23.4 Å². The van der Waals surface area contributed by atoms with Crippen LogP contribution in [0.25, 0.3) is 5.82 Å². The van der Waals surface area contributed by atoms with Crippen molar-refractivity contribution < 1.29 is 4.79 Å². The number of nitrogens with zero attached hydrogens (tertiary/aromatic N) is 4. The second-order valence-electron chi connectivity index (χ2n) is 6.39. The Hall–Kier alpha value is -2.60. The lowest BCUT2D eigenvalue weighted by Crippen LogP contribution is -2.32. The molecule has 1 aliphatic heterocycles. The molecule has 0 aliphatic carbocycles. The third-order valence-corrected chi connectivity index (χ3v) is 5.83. The van der Waals surface area contributed by atoms with Gasteiger partial charge in [0.2, 0.25) is 0 Å². The van der Waals surface area contributed by atoms with E-state index in [1.807, 2.05) is 60.0 Å². The van der Waals surface area contributed by atoms with Gasteiger partial charge in [0.05, 0.1) is 23.1 Å². The van der Waals surface area contributed by atoms with Crippen molar-refractivity contribution in [2.75, 3.05) is 11.4 Å². The number of carbonyl (C=O) groups is 1. The van der Waals surface area contributed by atoms with Crippen LogP contribution in [0.2, 0.25) is 0 Å². The molecule has 0 saturated heterocycles. The third kappa shape index (κ3) is 3.01. The summed E-state index contributed by atoms with van der Waals surface area (Å²) in [6.07, 6.45) is 4.33. The van der Waals surface area contributed by atoms with E-state index in [2.05, 4.69) is 23.1 Å². The lowest BCUT2D eigenvalue weighted by atomic mass is 10.2. The Morgan fingerprint density at radius 1 is 1.19 bits per heavy atom. The van der Waals surface area contributed by atoms with Gasteiger partial charge in [-0.15, -0.1) is 11.8 Å². The number of para-hydroxylation sites is 1. The molecule has 4 rings (SSSR count). The predicted octanol–water partition coefficient (Wildman–Crippen LogP) is 4.11. The van der Waals surface area contributed by atoms with Gasteiger partial charge in [-0.1, -0.05) is 25.1 Å². The minimum atomic E-state index is -0.00756. The standard InChI is InChI=1S/C20H20N4OS/c1-14-10-12-23(17-7-3-4-8-18(17)26-14)20(25)16-13-22-24(15(16)2)19-9-5-6-11-21-19/h3-9,11,13-14H,10,12H2,1-2H3/t14-/m1/s1. The van der Waals surface area contributed by atoms with Gasteiger partial charge in [-0.3, -0.25) is 4.79 Å². The molecule has 3 aromatic rings. The Kier molecular flexibility index (Phi) is 4.51. The molecule has 26 heavy (non-hydrogen) atoms. The van der Waals surface area contributed by atoms with Gasteiger partial charge >= 0.3 is 0 Å². The Bertz CT molecular complexity index is 938. The number of aromatic nitrogens is 3. The fraction of sp³-hybridized carbons (Fsp3) is 0.250. The van der Waals surface area contributed by atoms with E-state index >= 15 is 0 Å². The van der Waals surface area contributed by atoms with Gasteiger partial charge in [0.1, 0.15) is 0 Å². The lowest BCUT2D eigenvalue weighted by molar-refractivity contribution is 0.0986. The summed E-state index contributed by atoms with van der Waals surface area (Å²) in [7, 11) is 0. The van der Waals surface area contributed by atoms with Crippen molar-refractivity contribution in [1.82, 2.24) is 14.8 Å². The Balaban J connectivity index is 1.72. The highest BCUT2D eigenvalue weighted by atomic mass is 32.2. The van der Waals surface area contributed by atoms with Crippen LogP contribution in [0.5, 0.6) is 0 Å². The zero-order chi connectivity index (χ0) is 18.1. The third-order valence-electron chi connectivity index (χ3n) is 4.60. The average Bonchev–Trinajstić information content (AvgIpc) is 2.96. The van der Waals surface area contributed by atoms with E-state index in [1.165, 1.54) is 0 Å². The molecule has 0 spiro atoms. The molecule has 6 heteroatoms. The maximum absolute atomic E-state index is 13.3. The van der Waals surface area contributed by atoms with Crippen molar-refractivity contribution in [3.63, 3.8) is 0 Å². The van der Waals surface area contributed by atoms with Gasteiger partial charge in [0.25, 0.3) is 5.91 Å². The first-order valence-corrected chi connectivity index (χ1v) is 9.56. The summed E-state index contributed by atoms with van der Waals surface area (Å²) >= 11 is 1.83. The van der Waals surface area contributed by atoms with Gasteiger partial charge in [-0.2, -0.15) is 5.10 Å². The molecule has 3 heterocycles. The highest BCUT2D eigenvalue weighted by Gasteiger charge is 2.27. The smallest absolute Gasteiger partial charge is 0.261 e. The molecule has 1 atom stereocenters. The van der Waals surface area contributed by atoms with E-state index in [9.17, 15) is 4.79 Å². The highest BCUT2D eigenvalue weighted by molar-refractivity contribution is 8.00. The Morgan fingerprint density at radius 2 is 2.00 bits per heavy atom. The number of hydrogen-bond acceptors (Lipinski definition) is 4. The van der Waals surface area contributed by atoms with Crippen LogP contribution >= 0.6 is 11.8 Å². The number of rotatable bonds is 2. The summed E-state index contributed by atoms with van der Waals surface area (Å²) in [5, 5.41) is 4.88. The van der Waals surface area contributed by atoms with Crippen LogP contribution in [-0.2, 0) is 0 Å². The fourth-order valence-electron chi connectivity index (χ4n) is 3.17. The SMILES string of the molecule is Cc1c(C(=O)N2CC[C@@H](C)Sc3ccccc32)cnn1-c1ccccn1. The van der Waals surface area contributed by atoms with Crippen LogP contribution in [0.1, 0.15) is 29.4 Å². The minimum absolute atomic E-state index is 0.00756. The summed E-state index contributed by atoms with van der Waals surface area (Å²) in [6.45, 7) is 4.83. The molecular weight excluding hydrogens is 344 g/mol. The molecule has 0 radical (unpaired) electrons. The van der Waals surface area contributed by atoms with Gasteiger partial charge < -0.3 is 4.90 Å². The van der Waals surface area contributed by atoms with E-state index < -0.39 is 0 Å². The Morgan fingerprint density at radius 3 is 2.81 bits per heavy atom. The van der Waals surface area contributed by atoms with Crippen LogP contribution in [0.3, 0.4) is 0 Å². The van der Waals surface area contributed by atoms with Gasteiger partial charge in [0.15, 0.2) is 5.82 Å². The monoisotopic (exact) mass is 364 g/mol. The molecule has 2 aromatic heterocycles. The number of pyridine rings is 1. The number of anilines is 1. The summed E-state index contributed by atoms with van der Waals surface area (Å²) in [5.41, 5.74) is 2.40. The van der Waals surface area contributed by atoms with Crippen molar-refractivity contribution in [3.05, 3.63) is 66.1 Å². The van der Waals surface area contributed by atoms with Crippen LogP contribution in [0.15, 0.2) is 59.8 Å². The second-order valence-corrected chi connectivity index (χ2v) is 7.87. The molecule has 1 aliphatic rings. The molecule has 0 N–H and O–H groups in total. The molecule has 0 bridgehead atoms. The number of amides is 1. The molecule has 1 aromatic carbocycles. The topological polar surface area (TPSA) is 51.0 Å². The minimum Gasteiger partial charge on any atom is -0.307 e. The lowest BCUT2D eigenvalue weighted by Gasteiger charge is -2.22. The maximum Gasteiger partial charge on any atom is 0.261 e. The largest absolute Gasteiger partial charge is 0.307 e. The van der Waals surface area contributed by atoms with Crippen LogP contribution in [0, 0.1) is 6.92 Å². The Labute approximate surface area is 157 Å². The first kappa shape index (κ1) is 16.8. The zero-order valence-corrected chi connectivity index (χ0v) is 15.6.